The van der Waals surface area contributed by atoms with Crippen molar-refractivity contribution in [2.45, 2.75) is 60.0 Å². The molecule has 1 aromatic rings. The number of rotatable bonds is 6. The highest BCUT2D eigenvalue weighted by atomic mass is 32.1. The Bertz CT molecular complexity index is 378. The number of hydrogen-bond acceptors (Lipinski definition) is 2. The molecule has 0 aliphatic carbocycles. The van der Waals surface area contributed by atoms with Gasteiger partial charge in [0.25, 0.3) is 0 Å². The molecule has 96 valence electrons. The normalized spacial score (nSPS) is 12.5. The number of nitrogens with zero attached hydrogens (tertiary/aromatic N) is 1. The van der Waals surface area contributed by atoms with Crippen molar-refractivity contribution in [3.05, 3.63) is 33.7 Å². The van der Waals surface area contributed by atoms with Crippen LogP contribution in [0.4, 0.5) is 0 Å². The van der Waals surface area contributed by atoms with E-state index in [1.807, 2.05) is 11.3 Å². The fraction of sp³-hybridized carbons (Fsp3) is 0.600. The van der Waals surface area contributed by atoms with E-state index >= 15 is 0 Å². The zero-order valence-corrected chi connectivity index (χ0v) is 12.7. The molecule has 0 fully saturated rings. The van der Waals surface area contributed by atoms with E-state index in [0.29, 0.717) is 6.04 Å². The lowest BCUT2D eigenvalue weighted by atomic mass is 10.1. The van der Waals surface area contributed by atoms with Crippen LogP contribution in [0.3, 0.4) is 0 Å². The van der Waals surface area contributed by atoms with Gasteiger partial charge in [0.2, 0.25) is 0 Å². The van der Waals surface area contributed by atoms with Crippen molar-refractivity contribution in [1.29, 1.82) is 0 Å². The SMILES string of the molecule is C=C(CC)N(Cc1scc(C)c1C)[C@H](C)CC. The van der Waals surface area contributed by atoms with Crippen LogP contribution in [0.5, 0.6) is 0 Å². The summed E-state index contributed by atoms with van der Waals surface area (Å²) in [4.78, 5) is 3.94. The second-order valence-electron chi connectivity index (χ2n) is 4.77. The molecule has 0 aliphatic rings. The average Bonchev–Trinajstić information content (AvgIpc) is 2.65. The van der Waals surface area contributed by atoms with Crippen LogP contribution in [0.15, 0.2) is 17.7 Å². The van der Waals surface area contributed by atoms with Crippen LogP contribution >= 0.6 is 11.3 Å². The number of thiophene rings is 1. The minimum atomic E-state index is 0.573. The van der Waals surface area contributed by atoms with Crippen molar-refractivity contribution in [3.8, 4) is 0 Å². The zero-order valence-electron chi connectivity index (χ0n) is 11.8. The van der Waals surface area contributed by atoms with E-state index in [1.54, 1.807) is 0 Å². The Balaban J connectivity index is 2.86. The predicted octanol–water partition coefficient (Wildman–Crippen LogP) is 4.89. The minimum absolute atomic E-state index is 0.573. The number of hydrogen-bond donors (Lipinski definition) is 0. The molecule has 0 amide bonds. The Labute approximate surface area is 110 Å². The highest BCUT2D eigenvalue weighted by molar-refractivity contribution is 7.10. The predicted molar refractivity (Wildman–Crippen MR) is 78.5 cm³/mol. The minimum Gasteiger partial charge on any atom is -0.367 e. The molecule has 0 N–H and O–H groups in total. The third-order valence-electron chi connectivity index (χ3n) is 3.64. The van der Waals surface area contributed by atoms with E-state index in [-0.39, 0.29) is 0 Å². The van der Waals surface area contributed by atoms with Crippen LogP contribution < -0.4 is 0 Å². The molecule has 1 aromatic heterocycles. The summed E-state index contributed by atoms with van der Waals surface area (Å²) in [5.41, 5.74) is 4.12. The number of allylic oxidation sites excluding steroid dienone is 1. The van der Waals surface area contributed by atoms with E-state index in [2.05, 4.69) is 51.5 Å². The maximum atomic E-state index is 4.21. The van der Waals surface area contributed by atoms with Gasteiger partial charge < -0.3 is 4.90 Å². The highest BCUT2D eigenvalue weighted by Gasteiger charge is 2.15. The first-order valence-corrected chi connectivity index (χ1v) is 7.37. The molecule has 1 nitrogen and oxygen atoms in total. The standard InChI is InChI=1S/C15H25NS/c1-7-12(4)16(13(5)8-2)9-15-14(6)11(3)10-17-15/h10,13H,4,7-9H2,1-3,5-6H3/t13-/m1/s1. The van der Waals surface area contributed by atoms with Crippen LogP contribution in [0.25, 0.3) is 0 Å². The lowest BCUT2D eigenvalue weighted by molar-refractivity contribution is 0.249. The molecule has 1 atom stereocenters. The first-order chi connectivity index (χ1) is 8.01. The second kappa shape index (κ2) is 6.25. The van der Waals surface area contributed by atoms with Crippen molar-refractivity contribution in [2.75, 3.05) is 0 Å². The van der Waals surface area contributed by atoms with Crippen molar-refractivity contribution in [3.63, 3.8) is 0 Å². The molecule has 0 saturated heterocycles. The van der Waals surface area contributed by atoms with Gasteiger partial charge in [0.05, 0.1) is 6.54 Å². The molecular weight excluding hydrogens is 226 g/mol. The van der Waals surface area contributed by atoms with E-state index in [9.17, 15) is 0 Å². The smallest absolute Gasteiger partial charge is 0.0525 e. The maximum absolute atomic E-state index is 4.21. The van der Waals surface area contributed by atoms with Crippen LogP contribution in [0.1, 0.15) is 49.6 Å². The van der Waals surface area contributed by atoms with Gasteiger partial charge in [-0.2, -0.15) is 0 Å². The molecule has 0 aromatic carbocycles. The molecule has 0 bridgehead atoms. The van der Waals surface area contributed by atoms with E-state index in [4.69, 9.17) is 0 Å². The molecule has 0 radical (unpaired) electrons. The lowest BCUT2D eigenvalue weighted by Gasteiger charge is -2.32. The Kier molecular flexibility index (Phi) is 5.26. The Hall–Kier alpha value is -0.760. The zero-order chi connectivity index (χ0) is 13.0. The molecule has 0 unspecified atom stereocenters. The van der Waals surface area contributed by atoms with Crippen molar-refractivity contribution < 1.29 is 0 Å². The maximum Gasteiger partial charge on any atom is 0.0525 e. The quantitative estimate of drug-likeness (QED) is 0.696. The summed E-state index contributed by atoms with van der Waals surface area (Å²) in [6, 6.07) is 0.573. The van der Waals surface area contributed by atoms with Crippen molar-refractivity contribution in [1.82, 2.24) is 4.90 Å². The summed E-state index contributed by atoms with van der Waals surface area (Å²) < 4.78 is 0. The third kappa shape index (κ3) is 3.35. The van der Waals surface area contributed by atoms with Gasteiger partial charge in [-0.1, -0.05) is 20.4 Å². The number of aryl methyl sites for hydroxylation is 1. The van der Waals surface area contributed by atoms with Crippen molar-refractivity contribution in [2.24, 2.45) is 0 Å². The fourth-order valence-electron chi connectivity index (χ4n) is 1.87. The van der Waals surface area contributed by atoms with E-state index < -0.39 is 0 Å². The largest absolute Gasteiger partial charge is 0.367 e. The van der Waals surface area contributed by atoms with Gasteiger partial charge in [-0.05, 0) is 50.1 Å². The van der Waals surface area contributed by atoms with Gasteiger partial charge in [-0.3, -0.25) is 0 Å². The summed E-state index contributed by atoms with van der Waals surface area (Å²) in [6.07, 6.45) is 2.20. The van der Waals surface area contributed by atoms with Gasteiger partial charge in [0.15, 0.2) is 0 Å². The van der Waals surface area contributed by atoms with Crippen molar-refractivity contribution >= 4 is 11.3 Å². The fourth-order valence-corrected chi connectivity index (χ4v) is 2.92. The van der Waals surface area contributed by atoms with Crippen LogP contribution in [-0.4, -0.2) is 10.9 Å². The summed E-state index contributed by atoms with van der Waals surface area (Å²) in [6.45, 7) is 16.4. The van der Waals surface area contributed by atoms with Crippen LogP contribution in [0, 0.1) is 13.8 Å². The van der Waals surface area contributed by atoms with E-state index in [1.165, 1.54) is 28.1 Å². The first-order valence-electron chi connectivity index (χ1n) is 6.49. The topological polar surface area (TPSA) is 3.24 Å². The molecule has 1 rings (SSSR count). The lowest BCUT2D eigenvalue weighted by Crippen LogP contribution is -2.30. The second-order valence-corrected chi connectivity index (χ2v) is 5.74. The summed E-state index contributed by atoms with van der Waals surface area (Å²) >= 11 is 1.88. The van der Waals surface area contributed by atoms with Crippen LogP contribution in [-0.2, 0) is 6.54 Å². The average molecular weight is 251 g/mol. The van der Waals surface area contributed by atoms with Gasteiger partial charge in [0.1, 0.15) is 0 Å². The Morgan fingerprint density at radius 3 is 2.47 bits per heavy atom. The first kappa shape index (κ1) is 14.3. The monoisotopic (exact) mass is 251 g/mol. The molecule has 0 saturated carbocycles. The molecule has 0 aliphatic heterocycles. The third-order valence-corrected chi connectivity index (χ3v) is 4.83. The van der Waals surface area contributed by atoms with Gasteiger partial charge in [-0.25, -0.2) is 0 Å². The Morgan fingerprint density at radius 1 is 1.41 bits per heavy atom. The molecular formula is C15H25NS. The van der Waals surface area contributed by atoms with Gasteiger partial charge in [0, 0.05) is 16.6 Å². The summed E-state index contributed by atoms with van der Waals surface area (Å²) in [7, 11) is 0. The molecule has 17 heavy (non-hydrogen) atoms. The Morgan fingerprint density at radius 2 is 2.06 bits per heavy atom. The van der Waals surface area contributed by atoms with Gasteiger partial charge >= 0.3 is 0 Å². The summed E-state index contributed by atoms with van der Waals surface area (Å²) in [5, 5.41) is 2.26. The highest BCUT2D eigenvalue weighted by Crippen LogP contribution is 2.26. The van der Waals surface area contributed by atoms with Gasteiger partial charge in [-0.15, -0.1) is 11.3 Å². The molecule has 1 heterocycles. The van der Waals surface area contributed by atoms with Crippen LogP contribution in [0.2, 0.25) is 0 Å². The molecule has 0 spiro atoms. The summed E-state index contributed by atoms with van der Waals surface area (Å²) in [5.74, 6) is 0. The molecule has 2 heteroatoms. The van der Waals surface area contributed by atoms with E-state index in [0.717, 1.165) is 13.0 Å².